The van der Waals surface area contributed by atoms with Gasteiger partial charge in [-0.15, -0.1) is 0 Å². The highest BCUT2D eigenvalue weighted by Gasteiger charge is 2.13. The van der Waals surface area contributed by atoms with Gasteiger partial charge in [0.15, 0.2) is 0 Å². The number of amides is 1. The molecule has 0 spiro atoms. The Balaban J connectivity index is 2.23. The lowest BCUT2D eigenvalue weighted by Crippen LogP contribution is -2.16. The summed E-state index contributed by atoms with van der Waals surface area (Å²) in [6.45, 7) is 2.61. The highest BCUT2D eigenvalue weighted by molar-refractivity contribution is 9.10. The van der Waals surface area contributed by atoms with Crippen molar-refractivity contribution in [2.24, 2.45) is 0 Å². The van der Waals surface area contributed by atoms with Gasteiger partial charge in [0.25, 0.3) is 5.91 Å². The summed E-state index contributed by atoms with van der Waals surface area (Å²) in [6.07, 6.45) is 1.82. The number of carboxylic acids is 1. The Bertz CT molecular complexity index is 664. The smallest absolute Gasteiger partial charge is 0.335 e. The van der Waals surface area contributed by atoms with Crippen molar-refractivity contribution >= 4 is 33.5 Å². The lowest BCUT2D eigenvalue weighted by molar-refractivity contribution is 0.0696. The van der Waals surface area contributed by atoms with E-state index in [-0.39, 0.29) is 11.5 Å². The van der Waals surface area contributed by atoms with E-state index in [1.807, 2.05) is 13.1 Å². The van der Waals surface area contributed by atoms with Crippen molar-refractivity contribution in [3.63, 3.8) is 0 Å². The van der Waals surface area contributed by atoms with Gasteiger partial charge < -0.3 is 15.0 Å². The number of benzene rings is 1. The first kappa shape index (κ1) is 14.3. The first-order valence-corrected chi connectivity index (χ1v) is 6.81. The van der Waals surface area contributed by atoms with E-state index in [2.05, 4.69) is 21.2 Å². The zero-order valence-corrected chi connectivity index (χ0v) is 12.3. The molecule has 0 aliphatic heterocycles. The van der Waals surface area contributed by atoms with Gasteiger partial charge in [-0.3, -0.25) is 4.79 Å². The third-order valence-electron chi connectivity index (χ3n) is 2.80. The van der Waals surface area contributed by atoms with Crippen molar-refractivity contribution in [3.8, 4) is 0 Å². The van der Waals surface area contributed by atoms with Crippen molar-refractivity contribution < 1.29 is 14.7 Å². The van der Waals surface area contributed by atoms with Crippen LogP contribution in [0.3, 0.4) is 0 Å². The van der Waals surface area contributed by atoms with Crippen molar-refractivity contribution in [2.45, 2.75) is 13.5 Å². The third kappa shape index (κ3) is 3.08. The first-order chi connectivity index (χ1) is 9.51. The molecule has 20 heavy (non-hydrogen) atoms. The van der Waals surface area contributed by atoms with Crippen LogP contribution in [-0.2, 0) is 6.54 Å². The number of carbonyl (C=O) groups excluding carboxylic acids is 1. The van der Waals surface area contributed by atoms with Crippen LogP contribution in [-0.4, -0.2) is 21.6 Å². The average molecular weight is 337 g/mol. The fraction of sp³-hybridized carbons (Fsp3) is 0.143. The minimum atomic E-state index is -1.03. The number of carbonyl (C=O) groups is 2. The monoisotopic (exact) mass is 336 g/mol. The molecule has 1 aromatic carbocycles. The van der Waals surface area contributed by atoms with Gasteiger partial charge in [-0.25, -0.2) is 4.79 Å². The van der Waals surface area contributed by atoms with E-state index in [4.69, 9.17) is 5.11 Å². The SMILES string of the molecule is CCn1cc(Br)cc1C(=O)Nc1cccc(C(=O)O)c1. The van der Waals surface area contributed by atoms with Gasteiger partial charge in [0.1, 0.15) is 5.69 Å². The number of aromatic nitrogens is 1. The summed E-state index contributed by atoms with van der Waals surface area (Å²) in [4.78, 5) is 23.1. The molecule has 0 saturated carbocycles. The second kappa shape index (κ2) is 5.92. The molecule has 5 nitrogen and oxygen atoms in total. The predicted molar refractivity (Wildman–Crippen MR) is 79.2 cm³/mol. The Morgan fingerprint density at radius 3 is 2.75 bits per heavy atom. The quantitative estimate of drug-likeness (QED) is 0.900. The van der Waals surface area contributed by atoms with Gasteiger partial charge in [-0.2, -0.15) is 0 Å². The van der Waals surface area contributed by atoms with Crippen LogP contribution in [0.2, 0.25) is 0 Å². The molecule has 0 fully saturated rings. The fourth-order valence-electron chi connectivity index (χ4n) is 1.85. The highest BCUT2D eigenvalue weighted by atomic mass is 79.9. The number of aromatic carboxylic acids is 1. The van der Waals surface area contributed by atoms with Gasteiger partial charge in [0.2, 0.25) is 0 Å². The molecule has 2 N–H and O–H groups in total. The van der Waals surface area contributed by atoms with E-state index >= 15 is 0 Å². The number of halogens is 1. The molecule has 0 radical (unpaired) electrons. The third-order valence-corrected chi connectivity index (χ3v) is 3.24. The van der Waals surface area contributed by atoms with E-state index in [1.54, 1.807) is 22.8 Å². The molecule has 104 valence electrons. The van der Waals surface area contributed by atoms with E-state index < -0.39 is 5.97 Å². The average Bonchev–Trinajstić information content (AvgIpc) is 2.80. The second-order valence-corrected chi connectivity index (χ2v) is 5.09. The minimum absolute atomic E-state index is 0.134. The van der Waals surface area contributed by atoms with E-state index in [0.29, 0.717) is 17.9 Å². The summed E-state index contributed by atoms with van der Waals surface area (Å²) in [6, 6.07) is 7.87. The van der Waals surface area contributed by atoms with Crippen molar-refractivity contribution in [1.29, 1.82) is 0 Å². The number of hydrogen-bond donors (Lipinski definition) is 2. The molecule has 1 heterocycles. The molecule has 2 rings (SSSR count). The van der Waals surface area contributed by atoms with Crippen LogP contribution in [0.1, 0.15) is 27.8 Å². The number of anilines is 1. The second-order valence-electron chi connectivity index (χ2n) is 4.17. The Kier molecular flexibility index (Phi) is 4.24. The predicted octanol–water partition coefficient (Wildman–Crippen LogP) is 3.22. The first-order valence-electron chi connectivity index (χ1n) is 6.01. The molecule has 6 heteroatoms. The Morgan fingerprint density at radius 1 is 1.35 bits per heavy atom. The maximum atomic E-state index is 12.2. The van der Waals surface area contributed by atoms with Crippen molar-refractivity contribution in [3.05, 3.63) is 52.3 Å². The standard InChI is InChI=1S/C14H13BrN2O3/c1-2-17-8-10(15)7-12(17)13(18)16-11-5-3-4-9(6-11)14(19)20/h3-8H,2H2,1H3,(H,16,18)(H,19,20). The maximum Gasteiger partial charge on any atom is 0.335 e. The molecule has 2 aromatic rings. The lowest BCUT2D eigenvalue weighted by atomic mass is 10.2. The number of nitrogens with zero attached hydrogens (tertiary/aromatic N) is 1. The molecular formula is C14H13BrN2O3. The van der Waals surface area contributed by atoms with Crippen molar-refractivity contribution in [1.82, 2.24) is 4.57 Å². The molecule has 0 unspecified atom stereocenters. The molecule has 0 aliphatic rings. The Labute approximate surface area is 124 Å². The van der Waals surface area contributed by atoms with Crippen LogP contribution in [0.15, 0.2) is 41.0 Å². The van der Waals surface area contributed by atoms with Gasteiger partial charge in [-0.1, -0.05) is 6.07 Å². The number of nitrogens with one attached hydrogen (secondary N) is 1. The fourth-order valence-corrected chi connectivity index (χ4v) is 2.32. The number of rotatable bonds is 4. The van der Waals surface area contributed by atoms with Crippen LogP contribution in [0.4, 0.5) is 5.69 Å². The summed E-state index contributed by atoms with van der Waals surface area (Å²) in [7, 11) is 0. The summed E-state index contributed by atoms with van der Waals surface area (Å²) in [5.41, 5.74) is 1.10. The minimum Gasteiger partial charge on any atom is -0.478 e. The van der Waals surface area contributed by atoms with Crippen LogP contribution in [0, 0.1) is 0 Å². The number of aryl methyl sites for hydroxylation is 1. The summed E-state index contributed by atoms with van der Waals surface area (Å²) in [5, 5.41) is 11.6. The van der Waals surface area contributed by atoms with Gasteiger partial charge in [0.05, 0.1) is 5.56 Å². The zero-order chi connectivity index (χ0) is 14.7. The molecule has 0 bridgehead atoms. The highest BCUT2D eigenvalue weighted by Crippen LogP contribution is 2.17. The molecule has 1 amide bonds. The van der Waals surface area contributed by atoms with E-state index in [0.717, 1.165) is 4.47 Å². The molecule has 0 aliphatic carbocycles. The Hall–Kier alpha value is -2.08. The summed E-state index contributed by atoms with van der Waals surface area (Å²) < 4.78 is 2.63. The molecular weight excluding hydrogens is 324 g/mol. The lowest BCUT2D eigenvalue weighted by Gasteiger charge is -2.08. The zero-order valence-electron chi connectivity index (χ0n) is 10.8. The number of hydrogen-bond acceptors (Lipinski definition) is 2. The summed E-state index contributed by atoms with van der Waals surface area (Å²) in [5.74, 6) is -1.30. The Morgan fingerprint density at radius 2 is 2.10 bits per heavy atom. The van der Waals surface area contributed by atoms with Gasteiger partial charge in [-0.05, 0) is 47.1 Å². The molecule has 0 saturated heterocycles. The summed E-state index contributed by atoms with van der Waals surface area (Å²) >= 11 is 3.33. The van der Waals surface area contributed by atoms with Crippen LogP contribution in [0.5, 0.6) is 0 Å². The van der Waals surface area contributed by atoms with Crippen LogP contribution < -0.4 is 5.32 Å². The molecule has 1 aromatic heterocycles. The largest absolute Gasteiger partial charge is 0.478 e. The topological polar surface area (TPSA) is 71.3 Å². The van der Waals surface area contributed by atoms with Crippen LogP contribution in [0.25, 0.3) is 0 Å². The van der Waals surface area contributed by atoms with Gasteiger partial charge in [0, 0.05) is 22.9 Å². The van der Waals surface area contributed by atoms with Crippen molar-refractivity contribution in [2.75, 3.05) is 5.32 Å². The van der Waals surface area contributed by atoms with Gasteiger partial charge >= 0.3 is 5.97 Å². The van der Waals surface area contributed by atoms with Crippen LogP contribution >= 0.6 is 15.9 Å². The molecule has 0 atom stereocenters. The normalized spacial score (nSPS) is 10.3. The van der Waals surface area contributed by atoms with E-state index in [1.165, 1.54) is 12.1 Å². The maximum absolute atomic E-state index is 12.2. The number of carboxylic acid groups (broad SMARTS) is 1. The van der Waals surface area contributed by atoms with E-state index in [9.17, 15) is 9.59 Å².